The summed E-state index contributed by atoms with van der Waals surface area (Å²) < 4.78 is 2.63. The molecule has 0 saturated carbocycles. The number of carbonyl (C=O) groups excluding carboxylic acids is 1. The molecule has 0 saturated heterocycles. The van der Waals surface area contributed by atoms with Crippen LogP contribution in [0.25, 0.3) is 25.6 Å². The van der Waals surface area contributed by atoms with Gasteiger partial charge in [-0.05, 0) is 29.9 Å². The van der Waals surface area contributed by atoms with Crippen molar-refractivity contribution in [3.05, 3.63) is 68.8 Å². The van der Waals surface area contributed by atoms with Crippen LogP contribution in [0.1, 0.15) is 28.0 Å². The topological polar surface area (TPSA) is 84.2 Å². The van der Waals surface area contributed by atoms with Crippen LogP contribution in [-0.4, -0.2) is 30.8 Å². The van der Waals surface area contributed by atoms with E-state index in [9.17, 15) is 4.79 Å². The summed E-state index contributed by atoms with van der Waals surface area (Å²) in [5, 5.41) is 21.5. The van der Waals surface area contributed by atoms with Gasteiger partial charge in [0, 0.05) is 33.6 Å². The molecule has 5 rings (SSSR count). The van der Waals surface area contributed by atoms with Crippen LogP contribution in [0, 0.1) is 0 Å². The maximum atomic E-state index is 12.7. The molecule has 34 heavy (non-hydrogen) atoms. The lowest BCUT2D eigenvalue weighted by atomic mass is 10.1. The fourth-order valence-corrected chi connectivity index (χ4v) is 6.05. The van der Waals surface area contributed by atoms with Crippen molar-refractivity contribution in [3.8, 4) is 10.6 Å². The number of amides is 1. The zero-order valence-corrected chi connectivity index (χ0v) is 21.6. The summed E-state index contributed by atoms with van der Waals surface area (Å²) in [5.74, 6) is 0.486. The lowest BCUT2D eigenvalue weighted by molar-refractivity contribution is 0.0981. The summed E-state index contributed by atoms with van der Waals surface area (Å²) in [6, 6.07) is 13.3. The number of carbonyl (C=O) groups is 1. The lowest BCUT2D eigenvalue weighted by Crippen LogP contribution is -2.38. The average Bonchev–Trinajstić information content (AvgIpc) is 3.50. The Morgan fingerprint density at radius 1 is 1.12 bits per heavy atom. The summed E-state index contributed by atoms with van der Waals surface area (Å²) in [5.41, 5.74) is 2.00. The molecule has 7 nitrogen and oxygen atoms in total. The van der Waals surface area contributed by atoms with Gasteiger partial charge in [0.05, 0.1) is 5.02 Å². The molecule has 0 spiro atoms. The number of aryl methyl sites for hydroxylation is 1. The fourth-order valence-electron chi connectivity index (χ4n) is 3.33. The second-order valence-electron chi connectivity index (χ2n) is 7.29. The number of nitrogens with one attached hydrogen (secondary N) is 2. The predicted octanol–water partition coefficient (Wildman–Crippen LogP) is 5.74. The molecule has 0 unspecified atom stereocenters. The third kappa shape index (κ3) is 4.51. The van der Waals surface area contributed by atoms with Gasteiger partial charge >= 0.3 is 0 Å². The van der Waals surface area contributed by atoms with Gasteiger partial charge in [0.25, 0.3) is 5.91 Å². The zero-order chi connectivity index (χ0) is 23.8. The highest BCUT2D eigenvalue weighted by molar-refractivity contribution is 7.80. The predicted molar refractivity (Wildman–Crippen MR) is 142 cm³/mol. The summed E-state index contributed by atoms with van der Waals surface area (Å²) in [4.78, 5) is 13.8. The minimum absolute atomic E-state index is 0.223. The van der Waals surface area contributed by atoms with Crippen molar-refractivity contribution in [3.63, 3.8) is 0 Å². The normalized spacial score (nSPS) is 11.3. The number of aromatic nitrogens is 4. The molecule has 0 aliphatic rings. The number of rotatable bonds is 5. The van der Waals surface area contributed by atoms with Gasteiger partial charge in [-0.3, -0.25) is 10.1 Å². The first-order chi connectivity index (χ1) is 16.4. The third-order valence-corrected chi connectivity index (χ3v) is 8.14. The van der Waals surface area contributed by atoms with Crippen molar-refractivity contribution in [1.82, 2.24) is 30.4 Å². The van der Waals surface area contributed by atoms with Gasteiger partial charge in [0.2, 0.25) is 4.96 Å². The molecular formula is C22H16Cl2N6OS3. The van der Waals surface area contributed by atoms with Gasteiger partial charge in [-0.25, -0.2) is 0 Å². The Morgan fingerprint density at radius 2 is 1.91 bits per heavy atom. The van der Waals surface area contributed by atoms with E-state index in [0.717, 1.165) is 43.4 Å². The Bertz CT molecular complexity index is 1540. The number of nitrogens with zero attached hydrogens (tertiary/aromatic N) is 4. The standard InChI is InChI=1S/C22H16Cl2N6OS3/c1-2-16-27-28-22-30(16)29-20(34-22)12-5-3-11(4-6-12)10-25-21(32)26-19(31)18-17(24)14-8-7-13(23)9-15(14)33-18/h3-9H,2,10H2,1H3,(H2,25,26,31,32). The Kier molecular flexibility index (Phi) is 6.50. The number of thiocarbonyl (C=S) groups is 1. The molecule has 172 valence electrons. The number of benzene rings is 2. The zero-order valence-electron chi connectivity index (χ0n) is 17.6. The maximum Gasteiger partial charge on any atom is 0.269 e. The molecule has 3 heterocycles. The van der Waals surface area contributed by atoms with Crippen molar-refractivity contribution in [2.75, 3.05) is 0 Å². The molecule has 0 radical (unpaired) electrons. The molecule has 0 atom stereocenters. The van der Waals surface area contributed by atoms with E-state index in [1.165, 1.54) is 22.7 Å². The molecule has 2 N–H and O–H groups in total. The van der Waals surface area contributed by atoms with Crippen LogP contribution in [0.2, 0.25) is 10.0 Å². The Balaban J connectivity index is 1.21. The van der Waals surface area contributed by atoms with Crippen LogP contribution >= 0.6 is 58.1 Å². The number of hydrogen-bond donors (Lipinski definition) is 2. The molecule has 0 fully saturated rings. The van der Waals surface area contributed by atoms with Crippen LogP contribution in [-0.2, 0) is 13.0 Å². The molecule has 5 aromatic rings. The van der Waals surface area contributed by atoms with Gasteiger partial charge in [-0.2, -0.15) is 9.61 Å². The van der Waals surface area contributed by atoms with E-state index in [-0.39, 0.29) is 11.0 Å². The van der Waals surface area contributed by atoms with E-state index in [2.05, 4.69) is 25.9 Å². The van der Waals surface area contributed by atoms with Crippen molar-refractivity contribution >= 4 is 84.2 Å². The average molecular weight is 548 g/mol. The van der Waals surface area contributed by atoms with Crippen LogP contribution in [0.15, 0.2) is 42.5 Å². The largest absolute Gasteiger partial charge is 0.358 e. The minimum Gasteiger partial charge on any atom is -0.358 e. The number of fused-ring (bicyclic) bond motifs is 2. The highest BCUT2D eigenvalue weighted by Crippen LogP contribution is 2.36. The van der Waals surface area contributed by atoms with E-state index in [4.69, 9.17) is 35.4 Å². The molecule has 0 aliphatic heterocycles. The van der Waals surface area contributed by atoms with Crippen LogP contribution in [0.4, 0.5) is 0 Å². The molecule has 0 bridgehead atoms. The van der Waals surface area contributed by atoms with Crippen molar-refractivity contribution in [2.45, 2.75) is 19.9 Å². The Labute approximate surface area is 217 Å². The van der Waals surface area contributed by atoms with Crippen LogP contribution in [0.5, 0.6) is 0 Å². The smallest absolute Gasteiger partial charge is 0.269 e. The van der Waals surface area contributed by atoms with Crippen LogP contribution in [0.3, 0.4) is 0 Å². The molecule has 0 aliphatic carbocycles. The van der Waals surface area contributed by atoms with Gasteiger partial charge in [0.1, 0.15) is 9.88 Å². The Hall–Kier alpha value is -2.63. The molecule has 12 heteroatoms. The van der Waals surface area contributed by atoms with Gasteiger partial charge in [0.15, 0.2) is 10.9 Å². The van der Waals surface area contributed by atoms with Gasteiger partial charge in [-0.1, -0.05) is 71.8 Å². The second kappa shape index (κ2) is 9.55. The highest BCUT2D eigenvalue weighted by Gasteiger charge is 2.18. The quantitative estimate of drug-likeness (QED) is 0.273. The number of halogens is 2. The fraction of sp³-hybridized carbons (Fsp3) is 0.136. The van der Waals surface area contributed by atoms with Crippen molar-refractivity contribution in [2.24, 2.45) is 0 Å². The van der Waals surface area contributed by atoms with E-state index >= 15 is 0 Å². The first-order valence-electron chi connectivity index (χ1n) is 10.2. The third-order valence-electron chi connectivity index (χ3n) is 5.05. The molecule has 2 aromatic carbocycles. The lowest BCUT2D eigenvalue weighted by Gasteiger charge is -2.09. The summed E-state index contributed by atoms with van der Waals surface area (Å²) >= 11 is 20.5. The van der Waals surface area contributed by atoms with E-state index in [1.54, 1.807) is 22.7 Å². The summed E-state index contributed by atoms with van der Waals surface area (Å²) in [7, 11) is 0. The first-order valence-corrected chi connectivity index (χ1v) is 13.0. The Morgan fingerprint density at radius 3 is 2.68 bits per heavy atom. The second-order valence-corrected chi connectivity index (χ2v) is 10.5. The van der Waals surface area contributed by atoms with Gasteiger partial charge < -0.3 is 5.32 Å². The molecule has 3 aromatic heterocycles. The van der Waals surface area contributed by atoms with E-state index in [0.29, 0.717) is 21.5 Å². The number of thiophene rings is 1. The summed E-state index contributed by atoms with van der Waals surface area (Å²) in [6.45, 7) is 2.48. The van der Waals surface area contributed by atoms with Crippen LogP contribution < -0.4 is 10.6 Å². The van der Waals surface area contributed by atoms with E-state index in [1.807, 2.05) is 31.2 Å². The summed E-state index contributed by atoms with van der Waals surface area (Å²) in [6.07, 6.45) is 0.773. The maximum absolute atomic E-state index is 12.7. The number of hydrogen-bond acceptors (Lipinski definition) is 7. The minimum atomic E-state index is -0.357. The SMILES string of the molecule is CCc1nnc2sc(-c3ccc(CNC(=S)NC(=O)c4sc5cc(Cl)ccc5c4Cl)cc3)nn12. The highest BCUT2D eigenvalue weighted by atomic mass is 35.5. The monoisotopic (exact) mass is 546 g/mol. The molecule has 1 amide bonds. The van der Waals surface area contributed by atoms with Crippen molar-refractivity contribution < 1.29 is 4.79 Å². The first kappa shape index (κ1) is 23.1. The van der Waals surface area contributed by atoms with Crippen molar-refractivity contribution in [1.29, 1.82) is 0 Å². The molecular weight excluding hydrogens is 531 g/mol. The van der Waals surface area contributed by atoms with Gasteiger partial charge in [-0.15, -0.1) is 21.5 Å². The van der Waals surface area contributed by atoms with E-state index < -0.39 is 0 Å².